The van der Waals surface area contributed by atoms with Gasteiger partial charge in [-0.3, -0.25) is 0 Å². The van der Waals surface area contributed by atoms with Gasteiger partial charge in [0.1, 0.15) is 16.7 Å². The molecule has 0 spiro atoms. The van der Waals surface area contributed by atoms with Gasteiger partial charge in [-0.1, -0.05) is 129 Å². The molecule has 0 bridgehead atoms. The van der Waals surface area contributed by atoms with Crippen LogP contribution < -0.4 is 0 Å². The Hall–Kier alpha value is -6.19. The molecule has 0 saturated heterocycles. The molecule has 0 fully saturated rings. The molecule has 1 aliphatic rings. The smallest absolute Gasteiger partial charge is 0.227 e. The van der Waals surface area contributed by atoms with E-state index in [0.717, 1.165) is 66.4 Å². The van der Waals surface area contributed by atoms with Crippen LogP contribution in [0.3, 0.4) is 0 Å². The van der Waals surface area contributed by atoms with Crippen LogP contribution in [0.1, 0.15) is 25.0 Å². The Morgan fingerprint density at radius 1 is 0.469 bits per heavy atom. The Labute approximate surface area is 284 Å². The predicted molar refractivity (Wildman–Crippen MR) is 201 cm³/mol. The van der Waals surface area contributed by atoms with Crippen molar-refractivity contribution in [3.63, 3.8) is 0 Å². The lowest BCUT2D eigenvalue weighted by molar-refractivity contribution is 0.620. The largest absolute Gasteiger partial charge is 0.455 e. The lowest BCUT2D eigenvalue weighted by Gasteiger charge is -2.22. The molecule has 0 unspecified atom stereocenters. The number of benzene rings is 7. The highest BCUT2D eigenvalue weighted by molar-refractivity contribution is 6.18. The van der Waals surface area contributed by atoms with E-state index in [2.05, 4.69) is 147 Å². The fraction of sp³-hybridized carbons (Fsp3) is 0.0652. The first-order valence-electron chi connectivity index (χ1n) is 16.8. The normalized spacial score (nSPS) is 13.3. The van der Waals surface area contributed by atoms with E-state index in [0.29, 0.717) is 5.89 Å². The van der Waals surface area contributed by atoms with Crippen LogP contribution in [0.25, 0.3) is 89.0 Å². The van der Waals surface area contributed by atoms with E-state index in [1.165, 1.54) is 27.8 Å². The Bertz CT molecular complexity index is 2710. The first kappa shape index (κ1) is 27.9. The molecular formula is C46H31NO2. The molecule has 0 N–H and O–H groups in total. The van der Waals surface area contributed by atoms with Crippen LogP contribution in [0.5, 0.6) is 0 Å². The first-order valence-corrected chi connectivity index (χ1v) is 16.8. The fourth-order valence-electron chi connectivity index (χ4n) is 7.86. The maximum atomic E-state index is 6.70. The molecule has 0 amide bonds. The van der Waals surface area contributed by atoms with Crippen molar-refractivity contribution >= 4 is 33.0 Å². The highest BCUT2D eigenvalue weighted by Crippen LogP contribution is 2.54. The van der Waals surface area contributed by atoms with E-state index >= 15 is 0 Å². The van der Waals surface area contributed by atoms with Crippen molar-refractivity contribution in [3.8, 4) is 56.0 Å². The van der Waals surface area contributed by atoms with Gasteiger partial charge in [0, 0.05) is 32.9 Å². The number of aromatic nitrogens is 1. The van der Waals surface area contributed by atoms with Gasteiger partial charge in [0.05, 0.1) is 0 Å². The maximum absolute atomic E-state index is 6.70. The summed E-state index contributed by atoms with van der Waals surface area (Å²) in [7, 11) is 0. The van der Waals surface area contributed by atoms with Crippen molar-refractivity contribution in [2.75, 3.05) is 0 Å². The van der Waals surface area contributed by atoms with Gasteiger partial charge in [0.2, 0.25) is 5.89 Å². The average Bonchev–Trinajstić information content (AvgIpc) is 3.83. The summed E-state index contributed by atoms with van der Waals surface area (Å²) >= 11 is 0. The van der Waals surface area contributed by atoms with Crippen LogP contribution in [-0.4, -0.2) is 4.98 Å². The minimum Gasteiger partial charge on any atom is -0.455 e. The van der Waals surface area contributed by atoms with Gasteiger partial charge in [0.15, 0.2) is 5.58 Å². The number of hydrogen-bond donors (Lipinski definition) is 0. The molecule has 0 radical (unpaired) electrons. The number of furan rings is 1. The molecule has 3 nitrogen and oxygen atoms in total. The molecule has 10 rings (SSSR count). The quantitative estimate of drug-likeness (QED) is 0.194. The summed E-state index contributed by atoms with van der Waals surface area (Å²) in [6.07, 6.45) is 0. The summed E-state index contributed by atoms with van der Waals surface area (Å²) in [5, 5.41) is 2.28. The number of para-hydroxylation sites is 1. The highest BCUT2D eigenvalue weighted by Gasteiger charge is 2.38. The minimum atomic E-state index is -0.152. The van der Waals surface area contributed by atoms with Crippen LogP contribution in [0.4, 0.5) is 0 Å². The summed E-state index contributed by atoms with van der Waals surface area (Å²) in [6, 6.07) is 53.3. The second-order valence-electron chi connectivity index (χ2n) is 13.5. The zero-order chi connectivity index (χ0) is 32.7. The van der Waals surface area contributed by atoms with Gasteiger partial charge in [-0.2, -0.15) is 0 Å². The van der Waals surface area contributed by atoms with E-state index in [1.54, 1.807) is 0 Å². The molecule has 1 aliphatic carbocycles. The Balaban J connectivity index is 1.13. The Morgan fingerprint density at radius 2 is 1.12 bits per heavy atom. The fourth-order valence-corrected chi connectivity index (χ4v) is 7.86. The molecule has 9 aromatic rings. The summed E-state index contributed by atoms with van der Waals surface area (Å²) in [5.74, 6) is 0.605. The second-order valence-corrected chi connectivity index (χ2v) is 13.5. The zero-order valence-corrected chi connectivity index (χ0v) is 27.2. The highest BCUT2D eigenvalue weighted by atomic mass is 16.3. The molecule has 2 heterocycles. The topological polar surface area (TPSA) is 39.2 Å². The van der Waals surface area contributed by atoms with Crippen LogP contribution in [0.2, 0.25) is 0 Å². The van der Waals surface area contributed by atoms with Crippen molar-refractivity contribution in [2.45, 2.75) is 19.3 Å². The standard InChI is InChI=1S/C46H31NO2/c1-46(2)37-19-11-9-17-33(37)42-38(46)27-35(41-34-18-10-12-20-39(34)48-44(41)42)30-21-23-31(24-22-30)45-47-43-36(29-15-7-4-8-16-29)25-32(26-40(43)49-45)28-13-5-3-6-14-28/h3-27H,1-2H3. The van der Waals surface area contributed by atoms with E-state index in [1.807, 2.05) is 18.2 Å². The van der Waals surface area contributed by atoms with Gasteiger partial charge in [0.25, 0.3) is 0 Å². The third-order valence-corrected chi connectivity index (χ3v) is 10.3. The van der Waals surface area contributed by atoms with E-state index in [4.69, 9.17) is 13.8 Å². The van der Waals surface area contributed by atoms with Gasteiger partial charge in [-0.05, 0) is 80.9 Å². The molecule has 49 heavy (non-hydrogen) atoms. The predicted octanol–water partition coefficient (Wildman–Crippen LogP) is 12.7. The lowest BCUT2D eigenvalue weighted by Crippen LogP contribution is -2.15. The number of rotatable bonds is 4. The van der Waals surface area contributed by atoms with Crippen molar-refractivity contribution in [2.24, 2.45) is 0 Å². The average molecular weight is 630 g/mol. The lowest BCUT2D eigenvalue weighted by atomic mass is 9.81. The van der Waals surface area contributed by atoms with E-state index in [-0.39, 0.29) is 5.41 Å². The van der Waals surface area contributed by atoms with Gasteiger partial charge < -0.3 is 8.83 Å². The van der Waals surface area contributed by atoms with E-state index < -0.39 is 0 Å². The summed E-state index contributed by atoms with van der Waals surface area (Å²) in [5.41, 5.74) is 16.1. The van der Waals surface area contributed by atoms with Crippen LogP contribution in [0.15, 0.2) is 160 Å². The molecule has 0 atom stereocenters. The maximum Gasteiger partial charge on any atom is 0.227 e. The third kappa shape index (κ3) is 4.19. The van der Waals surface area contributed by atoms with Crippen LogP contribution >= 0.6 is 0 Å². The minimum absolute atomic E-state index is 0.152. The van der Waals surface area contributed by atoms with Crippen molar-refractivity contribution < 1.29 is 8.83 Å². The van der Waals surface area contributed by atoms with Crippen molar-refractivity contribution in [1.82, 2.24) is 4.98 Å². The summed E-state index contributed by atoms with van der Waals surface area (Å²) < 4.78 is 13.2. The summed E-state index contributed by atoms with van der Waals surface area (Å²) in [6.45, 7) is 4.64. The number of fused-ring (bicyclic) bond motifs is 8. The first-order chi connectivity index (χ1) is 24.0. The second kappa shape index (κ2) is 10.4. The Kier molecular flexibility index (Phi) is 5.92. The number of oxazole rings is 1. The van der Waals surface area contributed by atoms with Crippen LogP contribution in [-0.2, 0) is 5.41 Å². The van der Waals surface area contributed by atoms with Gasteiger partial charge >= 0.3 is 0 Å². The molecule has 232 valence electrons. The number of nitrogens with zero attached hydrogens (tertiary/aromatic N) is 1. The van der Waals surface area contributed by atoms with Gasteiger partial charge in [-0.15, -0.1) is 0 Å². The summed E-state index contributed by atoms with van der Waals surface area (Å²) in [4.78, 5) is 5.09. The monoisotopic (exact) mass is 629 g/mol. The zero-order valence-electron chi connectivity index (χ0n) is 27.2. The van der Waals surface area contributed by atoms with E-state index in [9.17, 15) is 0 Å². The van der Waals surface area contributed by atoms with Gasteiger partial charge in [-0.25, -0.2) is 4.98 Å². The van der Waals surface area contributed by atoms with Crippen molar-refractivity contribution in [1.29, 1.82) is 0 Å². The molecule has 3 heteroatoms. The number of hydrogen-bond acceptors (Lipinski definition) is 3. The van der Waals surface area contributed by atoms with Crippen molar-refractivity contribution in [3.05, 3.63) is 163 Å². The van der Waals surface area contributed by atoms with Crippen LogP contribution in [0, 0.1) is 0 Å². The molecule has 0 aliphatic heterocycles. The molecule has 0 saturated carbocycles. The molecule has 2 aromatic heterocycles. The molecule has 7 aromatic carbocycles. The molecular weight excluding hydrogens is 599 g/mol. The Morgan fingerprint density at radius 3 is 1.92 bits per heavy atom. The third-order valence-electron chi connectivity index (χ3n) is 10.3. The SMILES string of the molecule is CC1(C)c2ccccc2-c2c1cc(-c1ccc(-c3nc4c(-c5ccccc5)cc(-c5ccccc5)cc4o3)cc1)c1c2oc2ccccc21.